The summed E-state index contributed by atoms with van der Waals surface area (Å²) in [6.45, 7) is 3.69. The molecule has 1 atom stereocenters. The Balaban J connectivity index is 1.99. The van der Waals surface area contributed by atoms with Crippen LogP contribution in [0.25, 0.3) is 0 Å². The summed E-state index contributed by atoms with van der Waals surface area (Å²) >= 11 is 6.61. The van der Waals surface area contributed by atoms with Crippen molar-refractivity contribution in [2.24, 2.45) is 0 Å². The lowest BCUT2D eigenvalue weighted by molar-refractivity contribution is 0.115. The third kappa shape index (κ3) is 9.12. The third-order valence-corrected chi connectivity index (χ3v) is 4.34. The zero-order chi connectivity index (χ0) is 15.3. The number of rotatable bonds is 10. The van der Waals surface area contributed by atoms with Gasteiger partial charge in [-0.25, -0.2) is 0 Å². The first kappa shape index (κ1) is 18.5. The van der Waals surface area contributed by atoms with E-state index in [1.807, 2.05) is 24.5 Å². The first-order valence-corrected chi connectivity index (χ1v) is 9.25. The Kier molecular flexibility index (Phi) is 10.6. The molecule has 1 aromatic rings. The average Bonchev–Trinajstić information content (AvgIpc) is 2.53. The standard InChI is InChI=1S/C17H26O2S2/c1-3-16(19-17(20)21-2)12-8-5-9-13-18-14-15-10-6-4-7-11-15/h4,6-7,10-11,16H,3,5,8-9,12-14H2,1-2H3. The summed E-state index contributed by atoms with van der Waals surface area (Å²) in [5, 5.41) is 0. The summed E-state index contributed by atoms with van der Waals surface area (Å²) in [5.41, 5.74) is 1.24. The summed E-state index contributed by atoms with van der Waals surface area (Å²) in [6.07, 6.45) is 7.79. The van der Waals surface area contributed by atoms with Crippen molar-refractivity contribution in [1.29, 1.82) is 0 Å². The minimum Gasteiger partial charge on any atom is -0.475 e. The molecule has 0 aromatic heterocycles. The molecule has 0 N–H and O–H groups in total. The van der Waals surface area contributed by atoms with E-state index in [1.54, 1.807) is 0 Å². The fourth-order valence-electron chi connectivity index (χ4n) is 2.05. The molecule has 0 heterocycles. The molecule has 21 heavy (non-hydrogen) atoms. The highest BCUT2D eigenvalue weighted by Gasteiger charge is 2.08. The smallest absolute Gasteiger partial charge is 0.219 e. The van der Waals surface area contributed by atoms with Gasteiger partial charge in [0, 0.05) is 6.61 Å². The van der Waals surface area contributed by atoms with Gasteiger partial charge in [-0.15, -0.1) is 0 Å². The topological polar surface area (TPSA) is 18.5 Å². The maximum absolute atomic E-state index is 5.70. The van der Waals surface area contributed by atoms with E-state index in [4.69, 9.17) is 21.7 Å². The van der Waals surface area contributed by atoms with Crippen LogP contribution in [0.3, 0.4) is 0 Å². The molecular weight excluding hydrogens is 300 g/mol. The van der Waals surface area contributed by atoms with Crippen LogP contribution in [0, 0.1) is 0 Å². The summed E-state index contributed by atoms with van der Waals surface area (Å²) < 4.78 is 12.0. The maximum Gasteiger partial charge on any atom is 0.219 e. The van der Waals surface area contributed by atoms with Crippen molar-refractivity contribution >= 4 is 28.4 Å². The molecule has 4 heteroatoms. The van der Waals surface area contributed by atoms with Crippen LogP contribution in [-0.4, -0.2) is 23.3 Å². The van der Waals surface area contributed by atoms with Gasteiger partial charge in [-0.05, 0) is 49.7 Å². The van der Waals surface area contributed by atoms with Gasteiger partial charge in [0.05, 0.1) is 6.61 Å². The highest BCUT2D eigenvalue weighted by Crippen LogP contribution is 2.14. The lowest BCUT2D eigenvalue weighted by atomic mass is 10.1. The van der Waals surface area contributed by atoms with Gasteiger partial charge >= 0.3 is 0 Å². The van der Waals surface area contributed by atoms with Crippen LogP contribution in [0.5, 0.6) is 0 Å². The molecule has 0 fully saturated rings. The van der Waals surface area contributed by atoms with Crippen molar-refractivity contribution < 1.29 is 9.47 Å². The summed E-state index contributed by atoms with van der Waals surface area (Å²) in [5.74, 6) is 0. The number of unbranched alkanes of at least 4 members (excludes halogenated alkanes) is 2. The largest absolute Gasteiger partial charge is 0.475 e. The quantitative estimate of drug-likeness (QED) is 0.434. The van der Waals surface area contributed by atoms with Gasteiger partial charge in [0.2, 0.25) is 4.38 Å². The molecular formula is C17H26O2S2. The summed E-state index contributed by atoms with van der Waals surface area (Å²) in [4.78, 5) is 0. The molecule has 0 radical (unpaired) electrons. The second-order valence-corrected chi connectivity index (χ2v) is 6.40. The van der Waals surface area contributed by atoms with E-state index in [0.717, 1.165) is 25.9 Å². The average molecular weight is 327 g/mol. The Morgan fingerprint density at radius 3 is 2.62 bits per heavy atom. The van der Waals surface area contributed by atoms with Crippen molar-refractivity contribution in [3.8, 4) is 0 Å². The maximum atomic E-state index is 5.70. The van der Waals surface area contributed by atoms with E-state index < -0.39 is 0 Å². The fourth-order valence-corrected chi connectivity index (χ4v) is 2.42. The highest BCUT2D eigenvalue weighted by molar-refractivity contribution is 8.22. The second kappa shape index (κ2) is 12.0. The predicted molar refractivity (Wildman–Crippen MR) is 95.8 cm³/mol. The molecule has 2 nitrogen and oxygen atoms in total. The first-order chi connectivity index (χ1) is 10.3. The van der Waals surface area contributed by atoms with Crippen molar-refractivity contribution in [1.82, 2.24) is 0 Å². The van der Waals surface area contributed by atoms with Gasteiger partial charge in [-0.2, -0.15) is 0 Å². The van der Waals surface area contributed by atoms with Crippen molar-refractivity contribution in [2.75, 3.05) is 12.9 Å². The number of thiocarbonyl (C=S) groups is 1. The number of benzene rings is 1. The van der Waals surface area contributed by atoms with Gasteiger partial charge in [-0.1, -0.05) is 55.4 Å². The molecule has 0 aliphatic rings. The van der Waals surface area contributed by atoms with Gasteiger partial charge in [-0.3, -0.25) is 0 Å². The van der Waals surface area contributed by atoms with Crippen LogP contribution >= 0.6 is 24.0 Å². The second-order valence-electron chi connectivity index (χ2n) is 4.99. The van der Waals surface area contributed by atoms with Gasteiger partial charge in [0.1, 0.15) is 6.10 Å². The molecule has 0 saturated heterocycles. The van der Waals surface area contributed by atoms with Crippen LogP contribution in [0.15, 0.2) is 30.3 Å². The number of ether oxygens (including phenoxy) is 2. The van der Waals surface area contributed by atoms with Crippen LogP contribution in [0.2, 0.25) is 0 Å². The third-order valence-electron chi connectivity index (χ3n) is 3.31. The predicted octanol–water partition coefficient (Wildman–Crippen LogP) is 5.21. The molecule has 0 bridgehead atoms. The van der Waals surface area contributed by atoms with Crippen molar-refractivity contribution in [3.63, 3.8) is 0 Å². The van der Waals surface area contributed by atoms with Gasteiger partial charge in [0.25, 0.3) is 0 Å². The molecule has 0 saturated carbocycles. The van der Waals surface area contributed by atoms with Gasteiger partial charge in [0.15, 0.2) is 0 Å². The van der Waals surface area contributed by atoms with Crippen LogP contribution in [-0.2, 0) is 16.1 Å². The molecule has 1 aromatic carbocycles. The minimum absolute atomic E-state index is 0.273. The lowest BCUT2D eigenvalue weighted by Gasteiger charge is -2.16. The molecule has 0 aliphatic heterocycles. The number of hydrogen-bond acceptors (Lipinski definition) is 4. The summed E-state index contributed by atoms with van der Waals surface area (Å²) in [7, 11) is 0. The Morgan fingerprint density at radius 2 is 1.95 bits per heavy atom. The molecule has 1 rings (SSSR count). The molecule has 0 spiro atoms. The molecule has 0 aliphatic carbocycles. The number of thioether (sulfide) groups is 1. The van der Waals surface area contributed by atoms with E-state index in [1.165, 1.54) is 30.2 Å². The zero-order valence-electron chi connectivity index (χ0n) is 13.0. The number of hydrogen-bond donors (Lipinski definition) is 0. The van der Waals surface area contributed by atoms with E-state index in [-0.39, 0.29) is 6.10 Å². The Bertz CT molecular complexity index is 382. The minimum atomic E-state index is 0.273. The SMILES string of the molecule is CCC(CCCCCOCc1ccccc1)OC(=S)SC. The van der Waals surface area contributed by atoms with Crippen LogP contribution in [0.1, 0.15) is 44.6 Å². The van der Waals surface area contributed by atoms with E-state index >= 15 is 0 Å². The highest BCUT2D eigenvalue weighted by atomic mass is 32.2. The normalized spacial score (nSPS) is 12.1. The molecule has 1 unspecified atom stereocenters. The van der Waals surface area contributed by atoms with Crippen molar-refractivity contribution in [3.05, 3.63) is 35.9 Å². The lowest BCUT2D eigenvalue weighted by Crippen LogP contribution is -2.14. The van der Waals surface area contributed by atoms with E-state index in [2.05, 4.69) is 19.1 Å². The summed E-state index contributed by atoms with van der Waals surface area (Å²) in [6, 6.07) is 10.3. The first-order valence-electron chi connectivity index (χ1n) is 7.62. The van der Waals surface area contributed by atoms with Gasteiger partial charge < -0.3 is 9.47 Å². The van der Waals surface area contributed by atoms with E-state index in [0.29, 0.717) is 11.0 Å². The monoisotopic (exact) mass is 326 g/mol. The molecule has 0 amide bonds. The fraction of sp³-hybridized carbons (Fsp3) is 0.588. The Hall–Kier alpha value is -0.580. The zero-order valence-corrected chi connectivity index (χ0v) is 14.7. The van der Waals surface area contributed by atoms with E-state index in [9.17, 15) is 0 Å². The molecule has 118 valence electrons. The Morgan fingerprint density at radius 1 is 1.19 bits per heavy atom. The van der Waals surface area contributed by atoms with Crippen LogP contribution in [0.4, 0.5) is 0 Å². The Labute approximate surface area is 138 Å². The van der Waals surface area contributed by atoms with Crippen LogP contribution < -0.4 is 0 Å². The van der Waals surface area contributed by atoms with Crippen molar-refractivity contribution in [2.45, 2.75) is 51.7 Å².